The van der Waals surface area contributed by atoms with E-state index in [9.17, 15) is 9.59 Å². The molecule has 0 spiro atoms. The van der Waals surface area contributed by atoms with Crippen LogP contribution in [0.15, 0.2) is 71.5 Å². The van der Waals surface area contributed by atoms with Crippen LogP contribution in [0, 0.1) is 0 Å². The molecule has 10 heteroatoms. The molecule has 5 rings (SSSR count). The molecule has 176 valence electrons. The van der Waals surface area contributed by atoms with Gasteiger partial charge in [0.15, 0.2) is 0 Å². The second-order valence-corrected chi connectivity index (χ2v) is 8.55. The van der Waals surface area contributed by atoms with E-state index >= 15 is 0 Å². The molecule has 2 aromatic heterocycles. The minimum atomic E-state index is -0.219. The van der Waals surface area contributed by atoms with E-state index in [1.807, 2.05) is 12.1 Å². The number of anilines is 2. The smallest absolute Gasteiger partial charge is 0.283 e. The number of para-hydroxylation sites is 1. The van der Waals surface area contributed by atoms with Gasteiger partial charge in [-0.15, -0.1) is 5.10 Å². The van der Waals surface area contributed by atoms with Crippen molar-refractivity contribution in [3.8, 4) is 11.5 Å². The summed E-state index contributed by atoms with van der Waals surface area (Å²) in [4.78, 5) is 30.4. The maximum absolute atomic E-state index is 12.7. The molecule has 2 N–H and O–H groups in total. The SMILES string of the molecule is COc1ccc(OC)c(CNC(=O)c2ccc(Nc3nn4c(=O)c5ccccc5nc4s3)cc2)c1. The zero-order valence-corrected chi connectivity index (χ0v) is 19.8. The maximum atomic E-state index is 12.7. The van der Waals surface area contributed by atoms with Crippen LogP contribution < -0.4 is 25.7 Å². The summed E-state index contributed by atoms with van der Waals surface area (Å²) in [5.41, 5.74) is 2.47. The zero-order valence-electron chi connectivity index (χ0n) is 18.9. The Morgan fingerprint density at radius 2 is 1.83 bits per heavy atom. The van der Waals surface area contributed by atoms with Gasteiger partial charge in [0, 0.05) is 23.4 Å². The molecule has 0 fully saturated rings. The molecule has 1 amide bonds. The summed E-state index contributed by atoms with van der Waals surface area (Å²) >= 11 is 1.27. The van der Waals surface area contributed by atoms with E-state index in [0.29, 0.717) is 44.6 Å². The monoisotopic (exact) mass is 487 g/mol. The summed E-state index contributed by atoms with van der Waals surface area (Å²) in [7, 11) is 3.17. The lowest BCUT2D eigenvalue weighted by Gasteiger charge is -2.12. The summed E-state index contributed by atoms with van der Waals surface area (Å²) in [5, 5.41) is 11.5. The number of hydrogen-bond acceptors (Lipinski definition) is 8. The molecule has 0 aliphatic heterocycles. The van der Waals surface area contributed by atoms with Crippen LogP contribution in [0.5, 0.6) is 11.5 Å². The number of aromatic nitrogens is 3. The van der Waals surface area contributed by atoms with Crippen LogP contribution in [0.1, 0.15) is 15.9 Å². The van der Waals surface area contributed by atoms with E-state index in [4.69, 9.17) is 9.47 Å². The molecule has 9 nitrogen and oxygen atoms in total. The Balaban J connectivity index is 1.29. The highest BCUT2D eigenvalue weighted by Crippen LogP contribution is 2.25. The minimum absolute atomic E-state index is 0.213. The molecule has 3 aromatic carbocycles. The molecule has 0 unspecified atom stereocenters. The highest BCUT2D eigenvalue weighted by molar-refractivity contribution is 7.20. The molecule has 0 atom stereocenters. The fourth-order valence-corrected chi connectivity index (χ4v) is 4.45. The van der Waals surface area contributed by atoms with Crippen molar-refractivity contribution >= 4 is 43.9 Å². The first-order valence-corrected chi connectivity index (χ1v) is 11.5. The molecule has 5 aromatic rings. The van der Waals surface area contributed by atoms with Gasteiger partial charge in [0.25, 0.3) is 11.5 Å². The van der Waals surface area contributed by atoms with Gasteiger partial charge >= 0.3 is 0 Å². The lowest BCUT2D eigenvalue weighted by molar-refractivity contribution is 0.0950. The van der Waals surface area contributed by atoms with Gasteiger partial charge in [-0.3, -0.25) is 9.59 Å². The topological polar surface area (TPSA) is 107 Å². The van der Waals surface area contributed by atoms with Gasteiger partial charge in [-0.2, -0.15) is 4.52 Å². The van der Waals surface area contributed by atoms with Crippen molar-refractivity contribution in [1.29, 1.82) is 0 Å². The Labute approximate surface area is 204 Å². The molecule has 2 heterocycles. The number of ether oxygens (including phenoxy) is 2. The largest absolute Gasteiger partial charge is 0.497 e. The number of hydrogen-bond donors (Lipinski definition) is 2. The third-order valence-electron chi connectivity index (χ3n) is 5.43. The Bertz CT molecular complexity index is 1590. The van der Waals surface area contributed by atoms with Crippen molar-refractivity contribution in [2.24, 2.45) is 0 Å². The molecule has 0 aliphatic carbocycles. The number of amides is 1. The lowest BCUT2D eigenvalue weighted by Crippen LogP contribution is -2.23. The van der Waals surface area contributed by atoms with Gasteiger partial charge in [-0.1, -0.05) is 23.5 Å². The molecule has 0 bridgehead atoms. The molecule has 0 radical (unpaired) electrons. The van der Waals surface area contributed by atoms with Crippen molar-refractivity contribution < 1.29 is 14.3 Å². The van der Waals surface area contributed by atoms with Crippen LogP contribution in [-0.2, 0) is 6.54 Å². The minimum Gasteiger partial charge on any atom is -0.497 e. The van der Waals surface area contributed by atoms with E-state index in [2.05, 4.69) is 20.7 Å². The second kappa shape index (κ2) is 9.43. The first-order valence-electron chi connectivity index (χ1n) is 10.7. The van der Waals surface area contributed by atoms with E-state index in [0.717, 1.165) is 11.3 Å². The second-order valence-electron chi connectivity index (χ2n) is 7.60. The number of fused-ring (bicyclic) bond motifs is 2. The normalized spacial score (nSPS) is 10.9. The molecule has 0 aliphatic rings. The van der Waals surface area contributed by atoms with Gasteiger partial charge in [-0.25, -0.2) is 4.98 Å². The lowest BCUT2D eigenvalue weighted by atomic mass is 10.1. The van der Waals surface area contributed by atoms with Crippen molar-refractivity contribution in [3.63, 3.8) is 0 Å². The Morgan fingerprint density at radius 1 is 1.03 bits per heavy atom. The third kappa shape index (κ3) is 4.51. The molecular formula is C25H21N5O4S. The molecule has 0 saturated carbocycles. The summed E-state index contributed by atoms with van der Waals surface area (Å²) in [6.45, 7) is 0.293. The number of nitrogens with one attached hydrogen (secondary N) is 2. The van der Waals surface area contributed by atoms with Gasteiger partial charge < -0.3 is 20.1 Å². The van der Waals surface area contributed by atoms with Crippen molar-refractivity contribution in [1.82, 2.24) is 19.9 Å². The molecular weight excluding hydrogens is 466 g/mol. The van der Waals surface area contributed by atoms with Crippen molar-refractivity contribution in [2.75, 3.05) is 19.5 Å². The quantitative estimate of drug-likeness (QED) is 0.357. The number of carbonyl (C=O) groups excluding carboxylic acids is 1. The van der Waals surface area contributed by atoms with Crippen LogP contribution in [0.3, 0.4) is 0 Å². The third-order valence-corrected chi connectivity index (χ3v) is 6.25. The number of rotatable bonds is 7. The number of benzene rings is 3. The maximum Gasteiger partial charge on any atom is 0.283 e. The Hall–Kier alpha value is -4.44. The molecule has 0 saturated heterocycles. The standard InChI is InChI=1S/C25H21N5O4S/c1-33-18-11-12-21(34-2)16(13-18)14-26-22(31)15-7-9-17(10-8-15)27-24-29-30-23(32)19-5-3-4-6-20(19)28-25(30)35-24/h3-13H,14H2,1-2H3,(H,26,31)(H,27,29). The zero-order chi connectivity index (χ0) is 24.4. The van der Waals surface area contributed by atoms with Gasteiger partial charge in [0.05, 0.1) is 25.1 Å². The van der Waals surface area contributed by atoms with Crippen LogP contribution in [0.25, 0.3) is 15.9 Å². The highest BCUT2D eigenvalue weighted by atomic mass is 32.1. The van der Waals surface area contributed by atoms with E-state index in [-0.39, 0.29) is 11.5 Å². The van der Waals surface area contributed by atoms with Crippen molar-refractivity contribution in [3.05, 3.63) is 88.2 Å². The van der Waals surface area contributed by atoms with Crippen LogP contribution in [-0.4, -0.2) is 34.7 Å². The number of methoxy groups -OCH3 is 2. The van der Waals surface area contributed by atoms with Gasteiger partial charge in [0.2, 0.25) is 10.1 Å². The summed E-state index contributed by atoms with van der Waals surface area (Å²) in [5.74, 6) is 1.14. The van der Waals surface area contributed by atoms with E-state index in [1.54, 1.807) is 68.8 Å². The predicted octanol–water partition coefficient (Wildman–Crippen LogP) is 4.00. The predicted molar refractivity (Wildman–Crippen MR) is 135 cm³/mol. The first kappa shape index (κ1) is 22.4. The molecule has 35 heavy (non-hydrogen) atoms. The Morgan fingerprint density at radius 3 is 2.60 bits per heavy atom. The van der Waals surface area contributed by atoms with E-state index < -0.39 is 0 Å². The fraction of sp³-hybridized carbons (Fsp3) is 0.120. The number of nitrogens with zero attached hydrogens (tertiary/aromatic N) is 3. The van der Waals surface area contributed by atoms with Crippen molar-refractivity contribution in [2.45, 2.75) is 6.54 Å². The average molecular weight is 488 g/mol. The first-order chi connectivity index (χ1) is 17.1. The summed E-state index contributed by atoms with van der Waals surface area (Å²) in [6, 6.07) is 19.6. The summed E-state index contributed by atoms with van der Waals surface area (Å²) < 4.78 is 11.9. The Kier molecular flexibility index (Phi) is 6.02. The van der Waals surface area contributed by atoms with Crippen LogP contribution in [0.4, 0.5) is 10.8 Å². The number of carbonyl (C=O) groups is 1. The van der Waals surface area contributed by atoms with Gasteiger partial charge in [-0.05, 0) is 54.6 Å². The highest BCUT2D eigenvalue weighted by Gasteiger charge is 2.12. The van der Waals surface area contributed by atoms with Crippen LogP contribution in [0.2, 0.25) is 0 Å². The fourth-order valence-electron chi connectivity index (χ4n) is 3.63. The van der Waals surface area contributed by atoms with Crippen LogP contribution >= 0.6 is 11.3 Å². The van der Waals surface area contributed by atoms with Gasteiger partial charge in [0.1, 0.15) is 11.5 Å². The summed E-state index contributed by atoms with van der Waals surface area (Å²) in [6.07, 6.45) is 0. The van der Waals surface area contributed by atoms with E-state index in [1.165, 1.54) is 15.9 Å². The average Bonchev–Trinajstić information content (AvgIpc) is 3.30.